The van der Waals surface area contributed by atoms with Gasteiger partial charge in [0.25, 0.3) is 0 Å². The fourth-order valence-electron chi connectivity index (χ4n) is 1.97. The first-order valence-electron chi connectivity index (χ1n) is 6.77. The Morgan fingerprint density at radius 3 is 2.80 bits per heavy atom. The van der Waals surface area contributed by atoms with Crippen LogP contribution in [0.25, 0.3) is 11.0 Å². The Bertz CT molecular complexity index is 642. The van der Waals surface area contributed by atoms with Gasteiger partial charge >= 0.3 is 11.7 Å². The summed E-state index contributed by atoms with van der Waals surface area (Å²) in [5, 5.41) is 5.51. The SMILES string of the molecule is CC(C)CNC(=O)NCCn1c(=O)[nH]c2ccccc21. The number of aromatic nitrogens is 2. The molecular weight excluding hydrogens is 256 g/mol. The van der Waals surface area contributed by atoms with E-state index in [2.05, 4.69) is 15.6 Å². The van der Waals surface area contributed by atoms with Gasteiger partial charge in [-0.1, -0.05) is 26.0 Å². The normalized spacial score (nSPS) is 10.9. The Kier molecular flexibility index (Phi) is 4.45. The monoisotopic (exact) mass is 276 g/mol. The summed E-state index contributed by atoms with van der Waals surface area (Å²) in [5.74, 6) is 0.414. The summed E-state index contributed by atoms with van der Waals surface area (Å²) >= 11 is 0. The molecule has 3 N–H and O–H groups in total. The number of nitrogens with zero attached hydrogens (tertiary/aromatic N) is 1. The van der Waals surface area contributed by atoms with Crippen LogP contribution in [0, 0.1) is 5.92 Å². The molecule has 0 fully saturated rings. The summed E-state index contributed by atoms with van der Waals surface area (Å²) in [4.78, 5) is 26.1. The number of imidazole rings is 1. The molecule has 2 aromatic rings. The van der Waals surface area contributed by atoms with Crippen LogP contribution >= 0.6 is 0 Å². The van der Waals surface area contributed by atoms with Crippen molar-refractivity contribution in [3.63, 3.8) is 0 Å². The van der Waals surface area contributed by atoms with E-state index in [0.717, 1.165) is 11.0 Å². The molecule has 0 aliphatic carbocycles. The predicted molar refractivity (Wildman–Crippen MR) is 78.8 cm³/mol. The van der Waals surface area contributed by atoms with Gasteiger partial charge in [-0.2, -0.15) is 0 Å². The first kappa shape index (κ1) is 14.2. The second-order valence-electron chi connectivity index (χ2n) is 5.13. The standard InChI is InChI=1S/C14H20N4O2/c1-10(2)9-16-13(19)15-7-8-18-12-6-4-3-5-11(12)17-14(18)20/h3-6,10H,7-9H2,1-2H3,(H,17,20)(H2,15,16,19). The number of carbonyl (C=O) groups is 1. The molecular formula is C14H20N4O2. The van der Waals surface area contributed by atoms with Crippen LogP contribution in [-0.4, -0.2) is 28.7 Å². The van der Waals surface area contributed by atoms with Crippen molar-refractivity contribution >= 4 is 17.1 Å². The van der Waals surface area contributed by atoms with E-state index >= 15 is 0 Å². The number of urea groups is 1. The molecule has 6 nitrogen and oxygen atoms in total. The van der Waals surface area contributed by atoms with E-state index in [0.29, 0.717) is 25.6 Å². The van der Waals surface area contributed by atoms with E-state index in [1.165, 1.54) is 0 Å². The number of aromatic amines is 1. The molecule has 0 unspecified atom stereocenters. The Morgan fingerprint density at radius 1 is 1.30 bits per heavy atom. The number of rotatable bonds is 5. The fraction of sp³-hybridized carbons (Fsp3) is 0.429. The van der Waals surface area contributed by atoms with Crippen LogP contribution in [0.1, 0.15) is 13.8 Å². The highest BCUT2D eigenvalue weighted by atomic mass is 16.2. The quantitative estimate of drug-likeness (QED) is 0.769. The van der Waals surface area contributed by atoms with E-state index in [4.69, 9.17) is 0 Å². The second-order valence-corrected chi connectivity index (χ2v) is 5.13. The Hall–Kier alpha value is -2.24. The molecule has 20 heavy (non-hydrogen) atoms. The number of H-pyrrole nitrogens is 1. The highest BCUT2D eigenvalue weighted by Gasteiger charge is 2.06. The molecule has 108 valence electrons. The molecule has 2 amide bonds. The van der Waals surface area contributed by atoms with E-state index in [1.807, 2.05) is 38.1 Å². The Balaban J connectivity index is 1.92. The van der Waals surface area contributed by atoms with Crippen LogP contribution in [0.4, 0.5) is 4.79 Å². The van der Waals surface area contributed by atoms with Crippen LogP contribution in [0.3, 0.4) is 0 Å². The van der Waals surface area contributed by atoms with Gasteiger partial charge in [0, 0.05) is 19.6 Å². The lowest BCUT2D eigenvalue weighted by Gasteiger charge is -2.09. The molecule has 2 rings (SSSR count). The number of carbonyl (C=O) groups excluding carboxylic acids is 1. The minimum atomic E-state index is -0.202. The van der Waals surface area contributed by atoms with Gasteiger partial charge in [0.05, 0.1) is 11.0 Å². The summed E-state index contributed by atoms with van der Waals surface area (Å²) < 4.78 is 1.62. The van der Waals surface area contributed by atoms with Crippen molar-refractivity contribution in [2.24, 2.45) is 5.92 Å². The van der Waals surface area contributed by atoms with Gasteiger partial charge in [0.15, 0.2) is 0 Å². The van der Waals surface area contributed by atoms with E-state index in [-0.39, 0.29) is 11.7 Å². The topological polar surface area (TPSA) is 78.9 Å². The third kappa shape index (κ3) is 3.40. The van der Waals surface area contributed by atoms with Gasteiger partial charge < -0.3 is 15.6 Å². The van der Waals surface area contributed by atoms with Crippen LogP contribution in [-0.2, 0) is 6.54 Å². The van der Waals surface area contributed by atoms with Crippen molar-refractivity contribution in [3.8, 4) is 0 Å². The molecule has 1 aromatic heterocycles. The lowest BCUT2D eigenvalue weighted by Crippen LogP contribution is -2.39. The molecule has 0 bridgehead atoms. The minimum absolute atomic E-state index is 0.157. The lowest BCUT2D eigenvalue weighted by atomic mass is 10.2. The van der Waals surface area contributed by atoms with Gasteiger partial charge in [-0.15, -0.1) is 0 Å². The van der Waals surface area contributed by atoms with Gasteiger partial charge in [0.1, 0.15) is 0 Å². The van der Waals surface area contributed by atoms with Crippen LogP contribution in [0.15, 0.2) is 29.1 Å². The number of hydrogen-bond acceptors (Lipinski definition) is 2. The molecule has 0 saturated carbocycles. The molecule has 0 aliphatic heterocycles. The maximum Gasteiger partial charge on any atom is 0.326 e. The van der Waals surface area contributed by atoms with Crippen LogP contribution < -0.4 is 16.3 Å². The molecule has 6 heteroatoms. The average Bonchev–Trinajstić information content (AvgIpc) is 2.73. The van der Waals surface area contributed by atoms with Gasteiger partial charge in [-0.3, -0.25) is 4.57 Å². The van der Waals surface area contributed by atoms with Crippen molar-refractivity contribution in [1.82, 2.24) is 20.2 Å². The zero-order chi connectivity index (χ0) is 14.5. The number of para-hydroxylation sites is 2. The zero-order valence-corrected chi connectivity index (χ0v) is 11.8. The highest BCUT2D eigenvalue weighted by molar-refractivity contribution is 5.75. The molecule has 0 spiro atoms. The maximum absolute atomic E-state index is 11.8. The second kappa shape index (κ2) is 6.27. The Morgan fingerprint density at radius 2 is 2.05 bits per heavy atom. The first-order chi connectivity index (χ1) is 9.58. The molecule has 0 aliphatic rings. The highest BCUT2D eigenvalue weighted by Crippen LogP contribution is 2.08. The van der Waals surface area contributed by atoms with Crippen molar-refractivity contribution in [3.05, 3.63) is 34.7 Å². The maximum atomic E-state index is 11.8. The third-order valence-electron chi connectivity index (χ3n) is 2.97. The summed E-state index contributed by atoms with van der Waals surface area (Å²) in [6, 6.07) is 7.29. The molecule has 0 atom stereocenters. The van der Waals surface area contributed by atoms with Crippen molar-refractivity contribution < 1.29 is 4.79 Å². The van der Waals surface area contributed by atoms with E-state index in [1.54, 1.807) is 4.57 Å². The molecule has 0 saturated heterocycles. The van der Waals surface area contributed by atoms with Crippen molar-refractivity contribution in [2.45, 2.75) is 20.4 Å². The number of benzene rings is 1. The largest absolute Gasteiger partial charge is 0.338 e. The smallest absolute Gasteiger partial charge is 0.326 e. The van der Waals surface area contributed by atoms with E-state index < -0.39 is 0 Å². The molecule has 1 aromatic carbocycles. The minimum Gasteiger partial charge on any atom is -0.338 e. The van der Waals surface area contributed by atoms with Crippen molar-refractivity contribution in [2.75, 3.05) is 13.1 Å². The summed E-state index contributed by atoms with van der Waals surface area (Å²) in [5.41, 5.74) is 1.50. The van der Waals surface area contributed by atoms with Gasteiger partial charge in [0.2, 0.25) is 0 Å². The summed E-state index contributed by atoms with van der Waals surface area (Å²) in [7, 11) is 0. The summed E-state index contributed by atoms with van der Waals surface area (Å²) in [6.07, 6.45) is 0. The van der Waals surface area contributed by atoms with E-state index in [9.17, 15) is 9.59 Å². The average molecular weight is 276 g/mol. The predicted octanol–water partition coefficient (Wildman–Crippen LogP) is 1.28. The first-order valence-corrected chi connectivity index (χ1v) is 6.77. The van der Waals surface area contributed by atoms with Gasteiger partial charge in [-0.05, 0) is 18.1 Å². The zero-order valence-electron chi connectivity index (χ0n) is 11.8. The number of fused-ring (bicyclic) bond motifs is 1. The van der Waals surface area contributed by atoms with Crippen LogP contribution in [0.2, 0.25) is 0 Å². The number of amides is 2. The number of nitrogens with one attached hydrogen (secondary N) is 3. The summed E-state index contributed by atoms with van der Waals surface area (Å²) in [6.45, 7) is 5.56. The third-order valence-corrected chi connectivity index (χ3v) is 2.97. The molecule has 0 radical (unpaired) electrons. The molecule has 1 heterocycles. The van der Waals surface area contributed by atoms with Gasteiger partial charge in [-0.25, -0.2) is 9.59 Å². The van der Waals surface area contributed by atoms with Crippen molar-refractivity contribution in [1.29, 1.82) is 0 Å². The lowest BCUT2D eigenvalue weighted by molar-refractivity contribution is 0.239. The Labute approximate surface area is 117 Å². The number of hydrogen-bond donors (Lipinski definition) is 3. The fourth-order valence-corrected chi connectivity index (χ4v) is 1.97. The van der Waals surface area contributed by atoms with Crippen LogP contribution in [0.5, 0.6) is 0 Å².